The van der Waals surface area contributed by atoms with Gasteiger partial charge in [0.25, 0.3) is 0 Å². The summed E-state index contributed by atoms with van der Waals surface area (Å²) in [5.41, 5.74) is 4.59. The molecule has 0 radical (unpaired) electrons. The summed E-state index contributed by atoms with van der Waals surface area (Å²) in [5, 5.41) is 0. The molecule has 3 aromatic rings. The van der Waals surface area contributed by atoms with Crippen molar-refractivity contribution >= 4 is 5.78 Å². The van der Waals surface area contributed by atoms with Crippen molar-refractivity contribution in [2.45, 2.75) is 38.9 Å². The molecule has 2 atom stereocenters. The average molecular weight is 457 g/mol. The van der Waals surface area contributed by atoms with E-state index in [9.17, 15) is 4.79 Å². The Morgan fingerprint density at radius 2 is 1.91 bits per heavy atom. The van der Waals surface area contributed by atoms with E-state index in [2.05, 4.69) is 19.9 Å². The molecule has 5 heteroatoms. The van der Waals surface area contributed by atoms with E-state index in [1.807, 2.05) is 60.7 Å². The van der Waals surface area contributed by atoms with Gasteiger partial charge < -0.3 is 18.9 Å². The topological polar surface area (TPSA) is 54.0 Å². The summed E-state index contributed by atoms with van der Waals surface area (Å²) in [7, 11) is 1.61. The number of carbonyl (C=O) groups is 1. The maximum Gasteiger partial charge on any atom is 0.178 e. The fourth-order valence-corrected chi connectivity index (χ4v) is 4.53. The van der Waals surface area contributed by atoms with Crippen molar-refractivity contribution in [2.75, 3.05) is 13.7 Å². The van der Waals surface area contributed by atoms with Crippen LogP contribution in [0.5, 0.6) is 23.0 Å². The van der Waals surface area contributed by atoms with Crippen molar-refractivity contribution in [2.24, 2.45) is 0 Å². The zero-order chi connectivity index (χ0) is 23.7. The van der Waals surface area contributed by atoms with E-state index < -0.39 is 12.0 Å². The molecule has 0 aliphatic carbocycles. The van der Waals surface area contributed by atoms with Crippen molar-refractivity contribution in [3.63, 3.8) is 0 Å². The van der Waals surface area contributed by atoms with Gasteiger partial charge in [-0.3, -0.25) is 4.79 Å². The summed E-state index contributed by atoms with van der Waals surface area (Å²) in [5.74, 6) is 2.35. The van der Waals surface area contributed by atoms with Crippen LogP contribution in [0.1, 0.15) is 46.8 Å². The lowest BCUT2D eigenvalue weighted by atomic mass is 9.81. The first-order chi connectivity index (χ1) is 16.5. The number of hydrogen-bond acceptors (Lipinski definition) is 5. The smallest absolute Gasteiger partial charge is 0.178 e. The first kappa shape index (κ1) is 22.1. The van der Waals surface area contributed by atoms with Gasteiger partial charge in [-0.2, -0.15) is 0 Å². The normalized spacial score (nSPS) is 17.9. The molecule has 0 bridgehead atoms. The minimum atomic E-state index is -0.408. The molecule has 0 N–H and O–H groups in total. The Kier molecular flexibility index (Phi) is 6.01. The number of fused-ring (bicyclic) bond motifs is 4. The second kappa shape index (κ2) is 9.26. The van der Waals surface area contributed by atoms with Gasteiger partial charge in [-0.15, -0.1) is 0 Å². The van der Waals surface area contributed by atoms with Gasteiger partial charge in [0.1, 0.15) is 42.3 Å². The van der Waals surface area contributed by atoms with Gasteiger partial charge in [0.2, 0.25) is 0 Å². The number of rotatable bonds is 6. The molecular formula is C29H28O5. The van der Waals surface area contributed by atoms with Crippen LogP contribution in [0, 0.1) is 0 Å². The fraction of sp³-hybridized carbons (Fsp3) is 0.276. The van der Waals surface area contributed by atoms with E-state index in [-0.39, 0.29) is 5.78 Å². The molecule has 34 heavy (non-hydrogen) atoms. The Balaban J connectivity index is 1.52. The van der Waals surface area contributed by atoms with E-state index in [0.717, 1.165) is 22.4 Å². The molecule has 0 saturated heterocycles. The SMILES string of the molecule is COc1ccc2c(c1)OCC1Oc3c(ccc(OCc4ccccc4)c3CC=C(C)C)C(=O)[C@@H]21. The van der Waals surface area contributed by atoms with Crippen molar-refractivity contribution in [1.82, 2.24) is 0 Å². The van der Waals surface area contributed by atoms with E-state index in [4.69, 9.17) is 18.9 Å². The summed E-state index contributed by atoms with van der Waals surface area (Å²) in [6, 6.07) is 19.4. The van der Waals surface area contributed by atoms with Gasteiger partial charge in [0.05, 0.1) is 18.6 Å². The van der Waals surface area contributed by atoms with Gasteiger partial charge in [0, 0.05) is 17.2 Å². The molecular weight excluding hydrogens is 428 g/mol. The molecule has 0 spiro atoms. The Bertz CT molecular complexity index is 1240. The fourth-order valence-electron chi connectivity index (χ4n) is 4.53. The molecule has 174 valence electrons. The summed E-state index contributed by atoms with van der Waals surface area (Å²) in [6.07, 6.45) is 2.36. The third kappa shape index (κ3) is 4.14. The number of ether oxygens (including phenoxy) is 4. The zero-order valence-corrected chi connectivity index (χ0v) is 19.7. The van der Waals surface area contributed by atoms with E-state index >= 15 is 0 Å². The lowest BCUT2D eigenvalue weighted by Gasteiger charge is -2.38. The molecule has 0 fully saturated rings. The molecule has 5 rings (SSSR count). The molecule has 3 aromatic carbocycles. The highest BCUT2D eigenvalue weighted by molar-refractivity contribution is 6.05. The number of carbonyl (C=O) groups excluding carboxylic acids is 1. The van der Waals surface area contributed by atoms with Crippen molar-refractivity contribution in [3.05, 3.63) is 94.6 Å². The molecule has 5 nitrogen and oxygen atoms in total. The summed E-state index contributed by atoms with van der Waals surface area (Å²) in [6.45, 7) is 4.86. The van der Waals surface area contributed by atoms with Gasteiger partial charge in [-0.1, -0.05) is 48.0 Å². The highest BCUT2D eigenvalue weighted by Gasteiger charge is 2.44. The van der Waals surface area contributed by atoms with Gasteiger partial charge in [-0.25, -0.2) is 0 Å². The van der Waals surface area contributed by atoms with E-state index in [0.29, 0.717) is 42.4 Å². The van der Waals surface area contributed by atoms with Crippen LogP contribution >= 0.6 is 0 Å². The standard InChI is InChI=1S/C29H28O5/c1-18(2)9-11-22-24(32-16-19-7-5-4-6-8-19)14-13-23-28(30)27-21-12-10-20(31-3)15-25(21)33-17-26(27)34-29(22)23/h4-10,12-15,26-27H,11,16-17H2,1-3H3/t26?,27-/m0/s1. The number of allylic oxidation sites excluding steroid dienone is 2. The van der Waals surface area contributed by atoms with Gasteiger partial charge in [0.15, 0.2) is 5.78 Å². The Morgan fingerprint density at radius 1 is 1.09 bits per heavy atom. The second-order valence-corrected chi connectivity index (χ2v) is 8.89. The molecule has 1 unspecified atom stereocenters. The van der Waals surface area contributed by atoms with Crippen LogP contribution in [0.3, 0.4) is 0 Å². The van der Waals surface area contributed by atoms with Gasteiger partial charge in [-0.05, 0) is 44.0 Å². The predicted octanol–water partition coefficient (Wildman–Crippen LogP) is 5.90. The van der Waals surface area contributed by atoms with Crippen molar-refractivity contribution in [3.8, 4) is 23.0 Å². The van der Waals surface area contributed by atoms with Gasteiger partial charge >= 0.3 is 0 Å². The monoisotopic (exact) mass is 456 g/mol. The van der Waals surface area contributed by atoms with Crippen LogP contribution in [0.25, 0.3) is 0 Å². The third-order valence-corrected chi connectivity index (χ3v) is 6.32. The van der Waals surface area contributed by atoms with E-state index in [1.165, 1.54) is 5.57 Å². The largest absolute Gasteiger partial charge is 0.497 e. The van der Waals surface area contributed by atoms with Crippen LogP contribution in [0.2, 0.25) is 0 Å². The first-order valence-electron chi connectivity index (χ1n) is 11.5. The third-order valence-electron chi connectivity index (χ3n) is 6.32. The molecule has 2 aliphatic heterocycles. The Morgan fingerprint density at radius 3 is 2.68 bits per heavy atom. The minimum Gasteiger partial charge on any atom is -0.497 e. The first-order valence-corrected chi connectivity index (χ1v) is 11.5. The number of benzene rings is 3. The lowest BCUT2D eigenvalue weighted by Crippen LogP contribution is -2.43. The predicted molar refractivity (Wildman–Crippen MR) is 130 cm³/mol. The van der Waals surface area contributed by atoms with Crippen LogP contribution in [-0.2, 0) is 13.0 Å². The lowest BCUT2D eigenvalue weighted by molar-refractivity contribution is 0.0553. The number of ketones is 1. The summed E-state index contributed by atoms with van der Waals surface area (Å²) < 4.78 is 24.0. The number of hydrogen-bond donors (Lipinski definition) is 0. The molecule has 0 saturated carbocycles. The maximum atomic E-state index is 13.7. The second-order valence-electron chi connectivity index (χ2n) is 8.89. The van der Waals surface area contributed by atoms with Crippen molar-refractivity contribution in [1.29, 1.82) is 0 Å². The average Bonchev–Trinajstić information content (AvgIpc) is 2.86. The van der Waals surface area contributed by atoms with Crippen LogP contribution in [0.15, 0.2) is 72.3 Å². The molecule has 0 amide bonds. The minimum absolute atomic E-state index is 0.0500. The van der Waals surface area contributed by atoms with E-state index in [1.54, 1.807) is 7.11 Å². The maximum absolute atomic E-state index is 13.7. The Labute approximate surface area is 199 Å². The summed E-state index contributed by atoms with van der Waals surface area (Å²) in [4.78, 5) is 13.7. The molecule has 0 aromatic heterocycles. The number of methoxy groups -OCH3 is 1. The summed E-state index contributed by atoms with van der Waals surface area (Å²) >= 11 is 0. The van der Waals surface area contributed by atoms with Crippen LogP contribution < -0.4 is 18.9 Å². The van der Waals surface area contributed by atoms with Crippen molar-refractivity contribution < 1.29 is 23.7 Å². The number of Topliss-reactive ketones (excluding diaryl/α,β-unsaturated/α-hetero) is 1. The molecule has 2 aliphatic rings. The quantitative estimate of drug-likeness (QED) is 0.432. The van der Waals surface area contributed by atoms with Crippen LogP contribution in [-0.4, -0.2) is 25.6 Å². The Hall–Kier alpha value is -3.73. The van der Waals surface area contributed by atoms with Crippen LogP contribution in [0.4, 0.5) is 0 Å². The highest BCUT2D eigenvalue weighted by Crippen LogP contribution is 2.46. The zero-order valence-electron chi connectivity index (χ0n) is 19.7. The molecule has 2 heterocycles. The highest BCUT2D eigenvalue weighted by atomic mass is 16.5.